The second-order valence-corrected chi connectivity index (χ2v) is 5.36. The smallest absolute Gasteiger partial charge is 0.128 e. The molecule has 0 fully saturated rings. The molecule has 0 radical (unpaired) electrons. The summed E-state index contributed by atoms with van der Waals surface area (Å²) in [6.45, 7) is 2.07. The quantitative estimate of drug-likeness (QED) is 0.847. The molecule has 2 aromatic carbocycles. The van der Waals surface area contributed by atoms with E-state index in [2.05, 4.69) is 21.2 Å². The van der Waals surface area contributed by atoms with Crippen LogP contribution in [0.5, 0.6) is 0 Å². The predicted octanol–water partition coefficient (Wildman–Crippen LogP) is 4.72. The number of hydrogen-bond acceptors (Lipinski definition) is 1. The first kappa shape index (κ1) is 15.1. The minimum absolute atomic E-state index is 0.248. The van der Waals surface area contributed by atoms with Crippen LogP contribution in [0.4, 0.5) is 13.2 Å². The molecule has 0 aromatic heterocycles. The van der Waals surface area contributed by atoms with Crippen LogP contribution in [0.3, 0.4) is 0 Å². The molecule has 0 spiro atoms. The molecule has 0 aliphatic carbocycles. The number of nitrogens with one attached hydrogen (secondary N) is 1. The highest BCUT2D eigenvalue weighted by Gasteiger charge is 2.12. The first-order chi connectivity index (χ1) is 9.47. The zero-order valence-corrected chi connectivity index (χ0v) is 12.3. The summed E-state index contributed by atoms with van der Waals surface area (Å²) in [7, 11) is 0. The lowest BCUT2D eigenvalue weighted by atomic mass is 10.1. The molecule has 0 bridgehead atoms. The fourth-order valence-corrected chi connectivity index (χ4v) is 2.29. The Kier molecular flexibility index (Phi) is 4.83. The van der Waals surface area contributed by atoms with E-state index < -0.39 is 11.6 Å². The molecule has 0 heterocycles. The normalized spacial score (nSPS) is 12.4. The number of halogens is 4. The summed E-state index contributed by atoms with van der Waals surface area (Å²) in [6, 6.07) is 7.30. The van der Waals surface area contributed by atoms with E-state index in [-0.39, 0.29) is 17.4 Å². The van der Waals surface area contributed by atoms with E-state index in [1.54, 1.807) is 13.0 Å². The molecule has 1 N–H and O–H groups in total. The van der Waals surface area contributed by atoms with Gasteiger partial charge in [0, 0.05) is 22.6 Å². The lowest BCUT2D eigenvalue weighted by Crippen LogP contribution is -2.19. The van der Waals surface area contributed by atoms with Crippen molar-refractivity contribution < 1.29 is 13.2 Å². The second-order valence-electron chi connectivity index (χ2n) is 4.50. The van der Waals surface area contributed by atoms with Crippen LogP contribution in [0.25, 0.3) is 0 Å². The molecule has 1 unspecified atom stereocenters. The first-order valence-electron chi connectivity index (χ1n) is 6.09. The SMILES string of the molecule is CC(NCc1cc(F)ccc1Br)c1cc(F)ccc1F. The summed E-state index contributed by atoms with van der Waals surface area (Å²) in [5.41, 5.74) is 0.964. The molecule has 0 saturated carbocycles. The van der Waals surface area contributed by atoms with E-state index >= 15 is 0 Å². The summed E-state index contributed by atoms with van der Waals surface area (Å²) >= 11 is 3.32. The average molecular weight is 344 g/mol. The fraction of sp³-hybridized carbons (Fsp3) is 0.200. The monoisotopic (exact) mass is 343 g/mol. The molecule has 0 aliphatic heterocycles. The van der Waals surface area contributed by atoms with Crippen molar-refractivity contribution in [3.8, 4) is 0 Å². The average Bonchev–Trinajstić information content (AvgIpc) is 2.42. The van der Waals surface area contributed by atoms with Gasteiger partial charge in [0.1, 0.15) is 17.5 Å². The van der Waals surface area contributed by atoms with Gasteiger partial charge in [-0.3, -0.25) is 0 Å². The third-order valence-electron chi connectivity index (χ3n) is 3.03. The molecular formula is C15H13BrF3N. The van der Waals surface area contributed by atoms with Crippen LogP contribution in [0.1, 0.15) is 24.1 Å². The number of rotatable bonds is 4. The van der Waals surface area contributed by atoms with Gasteiger partial charge in [-0.25, -0.2) is 13.2 Å². The molecule has 0 amide bonds. The molecule has 106 valence electrons. The second kappa shape index (κ2) is 6.41. The molecule has 1 nitrogen and oxygen atoms in total. The van der Waals surface area contributed by atoms with Gasteiger partial charge in [0.05, 0.1) is 0 Å². The van der Waals surface area contributed by atoms with Gasteiger partial charge in [-0.05, 0) is 48.9 Å². The Hall–Kier alpha value is -1.33. The van der Waals surface area contributed by atoms with Crippen molar-refractivity contribution in [2.75, 3.05) is 0 Å². The van der Waals surface area contributed by atoms with Crippen LogP contribution < -0.4 is 5.32 Å². The van der Waals surface area contributed by atoms with Gasteiger partial charge in [-0.2, -0.15) is 0 Å². The van der Waals surface area contributed by atoms with Crippen LogP contribution in [0, 0.1) is 17.5 Å². The van der Waals surface area contributed by atoms with Gasteiger partial charge in [-0.15, -0.1) is 0 Å². The minimum Gasteiger partial charge on any atom is -0.306 e. The number of benzene rings is 2. The third kappa shape index (κ3) is 3.61. The summed E-state index contributed by atoms with van der Waals surface area (Å²) < 4.78 is 40.7. The molecule has 0 aliphatic rings. The predicted molar refractivity (Wildman–Crippen MR) is 75.7 cm³/mol. The summed E-state index contributed by atoms with van der Waals surface area (Å²) in [5, 5.41) is 3.05. The molecule has 0 saturated heterocycles. The van der Waals surface area contributed by atoms with Crippen molar-refractivity contribution in [2.45, 2.75) is 19.5 Å². The summed E-state index contributed by atoms with van der Waals surface area (Å²) in [6.07, 6.45) is 0. The third-order valence-corrected chi connectivity index (χ3v) is 3.80. The van der Waals surface area contributed by atoms with Crippen molar-refractivity contribution in [1.29, 1.82) is 0 Å². The van der Waals surface area contributed by atoms with Crippen molar-refractivity contribution in [3.05, 3.63) is 69.4 Å². The Morgan fingerprint density at radius 3 is 2.45 bits per heavy atom. The van der Waals surface area contributed by atoms with Gasteiger partial charge in [-0.1, -0.05) is 15.9 Å². The van der Waals surface area contributed by atoms with Crippen LogP contribution in [-0.2, 0) is 6.54 Å². The van der Waals surface area contributed by atoms with Crippen molar-refractivity contribution in [1.82, 2.24) is 5.32 Å². The van der Waals surface area contributed by atoms with Crippen molar-refractivity contribution in [3.63, 3.8) is 0 Å². The van der Waals surface area contributed by atoms with Crippen LogP contribution in [0.2, 0.25) is 0 Å². The van der Waals surface area contributed by atoms with Gasteiger partial charge in [0.2, 0.25) is 0 Å². The summed E-state index contributed by atoms with van der Waals surface area (Å²) in [4.78, 5) is 0. The van der Waals surface area contributed by atoms with Crippen LogP contribution in [0.15, 0.2) is 40.9 Å². The zero-order chi connectivity index (χ0) is 14.7. The van der Waals surface area contributed by atoms with Gasteiger partial charge < -0.3 is 5.32 Å². The van der Waals surface area contributed by atoms with E-state index in [1.165, 1.54) is 12.1 Å². The molecule has 5 heteroatoms. The standard InChI is InChI=1S/C15H13BrF3N/c1-9(13-7-12(18)3-5-15(13)19)20-8-10-6-11(17)2-4-14(10)16/h2-7,9,20H,8H2,1H3. The van der Waals surface area contributed by atoms with E-state index in [4.69, 9.17) is 0 Å². The van der Waals surface area contributed by atoms with Crippen LogP contribution in [-0.4, -0.2) is 0 Å². The largest absolute Gasteiger partial charge is 0.306 e. The molecular weight excluding hydrogens is 331 g/mol. The Labute approximate surface area is 123 Å². The van der Waals surface area contributed by atoms with Crippen molar-refractivity contribution >= 4 is 15.9 Å². The Bertz CT molecular complexity index is 616. The topological polar surface area (TPSA) is 12.0 Å². The Balaban J connectivity index is 2.10. The minimum atomic E-state index is -0.484. The van der Waals surface area contributed by atoms with Crippen LogP contribution >= 0.6 is 15.9 Å². The number of hydrogen-bond donors (Lipinski definition) is 1. The Morgan fingerprint density at radius 2 is 1.70 bits per heavy atom. The maximum Gasteiger partial charge on any atom is 0.128 e. The highest BCUT2D eigenvalue weighted by molar-refractivity contribution is 9.10. The van der Waals surface area contributed by atoms with E-state index in [0.29, 0.717) is 12.1 Å². The van der Waals surface area contributed by atoms with Gasteiger partial charge in [0.25, 0.3) is 0 Å². The fourth-order valence-electron chi connectivity index (χ4n) is 1.90. The lowest BCUT2D eigenvalue weighted by Gasteiger charge is -2.16. The Morgan fingerprint density at radius 1 is 1.05 bits per heavy atom. The molecule has 2 aromatic rings. The van der Waals surface area contributed by atoms with E-state index in [0.717, 1.165) is 22.7 Å². The first-order valence-corrected chi connectivity index (χ1v) is 6.89. The lowest BCUT2D eigenvalue weighted by molar-refractivity contribution is 0.517. The maximum absolute atomic E-state index is 13.6. The highest BCUT2D eigenvalue weighted by Crippen LogP contribution is 2.21. The van der Waals surface area contributed by atoms with Crippen molar-refractivity contribution in [2.24, 2.45) is 0 Å². The summed E-state index contributed by atoms with van der Waals surface area (Å²) in [5.74, 6) is -1.29. The van der Waals surface area contributed by atoms with E-state index in [1.807, 2.05) is 0 Å². The van der Waals surface area contributed by atoms with Gasteiger partial charge in [0.15, 0.2) is 0 Å². The zero-order valence-electron chi connectivity index (χ0n) is 10.8. The molecule has 20 heavy (non-hydrogen) atoms. The molecule has 2 rings (SSSR count). The highest BCUT2D eigenvalue weighted by atomic mass is 79.9. The van der Waals surface area contributed by atoms with E-state index in [9.17, 15) is 13.2 Å². The maximum atomic E-state index is 13.6. The molecule has 1 atom stereocenters. The van der Waals surface area contributed by atoms with Gasteiger partial charge >= 0.3 is 0 Å².